The molecule has 0 heterocycles. The van der Waals surface area contributed by atoms with Crippen molar-refractivity contribution in [3.05, 3.63) is 130 Å². The first-order chi connectivity index (χ1) is 27.8. The van der Waals surface area contributed by atoms with Crippen LogP contribution < -0.4 is 9.47 Å². The predicted molar refractivity (Wildman–Crippen MR) is 227 cm³/mol. The largest absolute Gasteiger partial charge is 0.435 e. The third kappa shape index (κ3) is 15.8. The lowest BCUT2D eigenvalue weighted by Gasteiger charge is -2.29. The number of benzene rings is 4. The van der Waals surface area contributed by atoms with E-state index >= 15 is 0 Å². The third-order valence-corrected chi connectivity index (χ3v) is 12.5. The average molecular weight is 787 g/mol. The van der Waals surface area contributed by atoms with E-state index in [1.165, 1.54) is 119 Å². The average Bonchev–Trinajstić information content (AvgIpc) is 3.23. The molecule has 4 aromatic carbocycles. The Morgan fingerprint density at radius 3 is 1.05 bits per heavy atom. The third-order valence-electron chi connectivity index (χ3n) is 12.5. The minimum absolute atomic E-state index is 0.215. The molecule has 2 aliphatic carbocycles. The van der Waals surface area contributed by atoms with E-state index in [4.69, 9.17) is 0 Å². The SMILES string of the molecule is CCCCC[C@H]1CC[C@H](c2ccc(CCc3ccc(OC(F)F)cc3)cc2)CC1.CCCC[C@H]1CC[C@H](c2ccc(CCc3ccc(OC(F)F)cc3)cc2)CC1. The molecule has 0 amide bonds. The Morgan fingerprint density at radius 2 is 0.737 bits per heavy atom. The van der Waals surface area contributed by atoms with Gasteiger partial charge in [-0.05, 0) is 158 Å². The fourth-order valence-electron chi connectivity index (χ4n) is 8.91. The molecule has 0 spiro atoms. The number of hydrogen-bond donors (Lipinski definition) is 0. The molecule has 57 heavy (non-hydrogen) atoms. The number of aryl methyl sites for hydroxylation is 4. The fourth-order valence-corrected chi connectivity index (χ4v) is 8.91. The Morgan fingerprint density at radius 1 is 0.421 bits per heavy atom. The van der Waals surface area contributed by atoms with Crippen molar-refractivity contribution in [2.24, 2.45) is 11.8 Å². The summed E-state index contributed by atoms with van der Waals surface area (Å²) in [6.07, 6.45) is 24.3. The Balaban J connectivity index is 0.000000218. The maximum Gasteiger partial charge on any atom is 0.387 e. The Labute approximate surface area is 340 Å². The molecule has 4 aromatic rings. The summed E-state index contributed by atoms with van der Waals surface area (Å²) in [7, 11) is 0. The Bertz CT molecular complexity index is 1640. The molecule has 0 saturated heterocycles. The van der Waals surface area contributed by atoms with Gasteiger partial charge in [0, 0.05) is 0 Å². The summed E-state index contributed by atoms with van der Waals surface area (Å²) in [6, 6.07) is 32.2. The molecular formula is C51H66F4O2. The molecule has 2 saturated carbocycles. The van der Waals surface area contributed by atoms with Crippen LogP contribution in [0.1, 0.15) is 155 Å². The number of hydrogen-bond acceptors (Lipinski definition) is 2. The molecule has 310 valence electrons. The van der Waals surface area contributed by atoms with E-state index in [2.05, 4.69) is 71.9 Å². The van der Waals surface area contributed by atoms with Crippen LogP contribution in [0.2, 0.25) is 0 Å². The lowest BCUT2D eigenvalue weighted by atomic mass is 9.77. The van der Waals surface area contributed by atoms with Gasteiger partial charge in [-0.3, -0.25) is 0 Å². The highest BCUT2D eigenvalue weighted by Crippen LogP contribution is 2.39. The molecule has 0 N–H and O–H groups in total. The predicted octanol–water partition coefficient (Wildman–Crippen LogP) is 15.5. The van der Waals surface area contributed by atoms with Gasteiger partial charge < -0.3 is 9.47 Å². The second-order valence-electron chi connectivity index (χ2n) is 16.6. The van der Waals surface area contributed by atoms with Crippen LogP contribution in [0.5, 0.6) is 11.5 Å². The van der Waals surface area contributed by atoms with Crippen LogP contribution in [-0.2, 0) is 25.7 Å². The minimum Gasteiger partial charge on any atom is -0.435 e. The van der Waals surface area contributed by atoms with Gasteiger partial charge in [0.05, 0.1) is 0 Å². The van der Waals surface area contributed by atoms with E-state index in [-0.39, 0.29) is 11.5 Å². The van der Waals surface area contributed by atoms with Crippen LogP contribution in [0, 0.1) is 11.8 Å². The van der Waals surface area contributed by atoms with Crippen molar-refractivity contribution in [3.63, 3.8) is 0 Å². The molecule has 6 rings (SSSR count). The first-order valence-electron chi connectivity index (χ1n) is 22.0. The van der Waals surface area contributed by atoms with E-state index < -0.39 is 13.2 Å². The second-order valence-corrected chi connectivity index (χ2v) is 16.6. The fraction of sp³-hybridized carbons (Fsp3) is 0.529. The van der Waals surface area contributed by atoms with Crippen molar-refractivity contribution < 1.29 is 27.0 Å². The summed E-state index contributed by atoms with van der Waals surface area (Å²) < 4.78 is 57.6. The molecule has 0 bridgehead atoms. The van der Waals surface area contributed by atoms with Crippen LogP contribution in [0.4, 0.5) is 17.6 Å². The molecule has 2 aliphatic rings. The van der Waals surface area contributed by atoms with Crippen LogP contribution in [0.15, 0.2) is 97.1 Å². The molecule has 0 radical (unpaired) electrons. The summed E-state index contributed by atoms with van der Waals surface area (Å²) in [5, 5.41) is 0. The van der Waals surface area contributed by atoms with Crippen LogP contribution in [0.3, 0.4) is 0 Å². The van der Waals surface area contributed by atoms with Gasteiger partial charge in [-0.1, -0.05) is 132 Å². The minimum atomic E-state index is -2.77. The molecular weight excluding hydrogens is 721 g/mol. The van der Waals surface area contributed by atoms with E-state index in [9.17, 15) is 17.6 Å². The second kappa shape index (κ2) is 24.2. The lowest BCUT2D eigenvalue weighted by Crippen LogP contribution is -2.13. The summed E-state index contributed by atoms with van der Waals surface area (Å²) in [5.74, 6) is 3.80. The van der Waals surface area contributed by atoms with Gasteiger partial charge in [-0.15, -0.1) is 0 Å². The van der Waals surface area contributed by atoms with Crippen molar-refractivity contribution in [1.29, 1.82) is 0 Å². The quantitative estimate of drug-likeness (QED) is 0.0696. The molecule has 0 aromatic heterocycles. The number of rotatable bonds is 19. The van der Waals surface area contributed by atoms with Crippen LogP contribution in [0.25, 0.3) is 0 Å². The number of unbranched alkanes of at least 4 members (excludes halogenated alkanes) is 3. The molecule has 6 heteroatoms. The lowest BCUT2D eigenvalue weighted by molar-refractivity contribution is -0.0505. The van der Waals surface area contributed by atoms with E-state index in [1.54, 1.807) is 24.3 Å². The zero-order valence-corrected chi connectivity index (χ0v) is 34.5. The van der Waals surface area contributed by atoms with Crippen molar-refractivity contribution in [1.82, 2.24) is 0 Å². The van der Waals surface area contributed by atoms with Crippen molar-refractivity contribution in [2.45, 2.75) is 161 Å². The zero-order valence-electron chi connectivity index (χ0n) is 34.5. The highest BCUT2D eigenvalue weighted by Gasteiger charge is 2.23. The van der Waals surface area contributed by atoms with Crippen LogP contribution >= 0.6 is 0 Å². The zero-order chi connectivity index (χ0) is 40.2. The normalized spacial score (nSPS) is 19.6. The molecule has 0 unspecified atom stereocenters. The summed E-state index contributed by atoms with van der Waals surface area (Å²) >= 11 is 0. The number of ether oxygens (including phenoxy) is 2. The van der Waals surface area contributed by atoms with Gasteiger partial charge in [-0.25, -0.2) is 0 Å². The number of alkyl halides is 4. The molecule has 2 fully saturated rings. The van der Waals surface area contributed by atoms with Crippen LogP contribution in [-0.4, -0.2) is 13.2 Å². The highest BCUT2D eigenvalue weighted by atomic mass is 19.3. The Kier molecular flexibility index (Phi) is 18.8. The molecule has 2 nitrogen and oxygen atoms in total. The maximum atomic E-state index is 12.2. The standard InChI is InChI=1S/C26H34F2O.C25H32F2O/c1-2-3-4-5-20-8-14-23(15-9-20)24-16-10-21(11-17-24)6-7-22-12-18-25(19-13-22)29-26(27)28;1-2-3-4-19-7-13-22(14-8-19)23-15-9-20(10-16-23)5-6-21-11-17-24(18-12-21)28-25(26)27/h10-13,16-20,23,26H,2-9,14-15H2,1H3;9-12,15-19,22,25H,2-8,13-14H2,1H3/t20-,23-;19-,22-. The van der Waals surface area contributed by atoms with Gasteiger partial charge in [0.2, 0.25) is 0 Å². The number of halogens is 4. The van der Waals surface area contributed by atoms with E-state index in [1.807, 2.05) is 24.3 Å². The smallest absolute Gasteiger partial charge is 0.387 e. The van der Waals surface area contributed by atoms with Crippen molar-refractivity contribution in [3.8, 4) is 11.5 Å². The molecule has 0 atom stereocenters. The van der Waals surface area contributed by atoms with Gasteiger partial charge in [-0.2, -0.15) is 17.6 Å². The first-order valence-corrected chi connectivity index (χ1v) is 22.0. The summed E-state index contributed by atoms with van der Waals surface area (Å²) in [6.45, 7) is -0.974. The Hall–Kier alpha value is -3.80. The van der Waals surface area contributed by atoms with Crippen molar-refractivity contribution in [2.75, 3.05) is 0 Å². The maximum absolute atomic E-state index is 12.2. The van der Waals surface area contributed by atoms with Gasteiger partial charge in [0.15, 0.2) is 0 Å². The monoisotopic (exact) mass is 786 g/mol. The van der Waals surface area contributed by atoms with E-state index in [0.29, 0.717) is 0 Å². The summed E-state index contributed by atoms with van der Waals surface area (Å²) in [4.78, 5) is 0. The van der Waals surface area contributed by atoms with Gasteiger partial charge >= 0.3 is 13.2 Å². The van der Waals surface area contributed by atoms with Gasteiger partial charge in [0.1, 0.15) is 11.5 Å². The highest BCUT2D eigenvalue weighted by molar-refractivity contribution is 5.31. The van der Waals surface area contributed by atoms with Gasteiger partial charge in [0.25, 0.3) is 0 Å². The van der Waals surface area contributed by atoms with E-state index in [0.717, 1.165) is 60.5 Å². The topological polar surface area (TPSA) is 18.5 Å². The molecule has 0 aliphatic heterocycles. The van der Waals surface area contributed by atoms with Crippen molar-refractivity contribution >= 4 is 0 Å². The summed E-state index contributed by atoms with van der Waals surface area (Å²) in [5.41, 5.74) is 7.91. The first kappa shape index (κ1) is 44.3.